The summed E-state index contributed by atoms with van der Waals surface area (Å²) in [5.41, 5.74) is -1.36. The van der Waals surface area contributed by atoms with E-state index in [0.29, 0.717) is 0 Å². The Labute approximate surface area is 141 Å². The van der Waals surface area contributed by atoms with Gasteiger partial charge in [0.1, 0.15) is 11.1 Å². The lowest BCUT2D eigenvalue weighted by atomic mass is 10.1. The number of para-hydroxylation sites is 2. The minimum absolute atomic E-state index is 0.216. The van der Waals surface area contributed by atoms with E-state index in [1.807, 2.05) is 0 Å². The van der Waals surface area contributed by atoms with Gasteiger partial charge in [-0.15, -0.1) is 0 Å². The maximum atomic E-state index is 12.2. The Morgan fingerprint density at radius 1 is 0.800 bits per heavy atom. The number of esters is 2. The van der Waals surface area contributed by atoms with E-state index in [4.69, 9.17) is 0 Å². The Hall–Kier alpha value is -3.62. The average molecular weight is 344 g/mol. The van der Waals surface area contributed by atoms with Crippen molar-refractivity contribution in [2.75, 3.05) is 0 Å². The number of aryl methyl sites for hydroxylation is 2. The summed E-state index contributed by atoms with van der Waals surface area (Å²) in [5.74, 6) is -2.51. The van der Waals surface area contributed by atoms with E-state index in [2.05, 4.69) is 4.74 Å². The first-order valence-electron chi connectivity index (χ1n) is 6.98. The molecule has 0 fully saturated rings. The molecule has 0 heterocycles. The second kappa shape index (κ2) is 6.87. The minimum Gasteiger partial charge on any atom is -0.385 e. The van der Waals surface area contributed by atoms with Crippen molar-refractivity contribution in [1.29, 1.82) is 0 Å². The van der Waals surface area contributed by atoms with Gasteiger partial charge in [-0.25, -0.2) is 9.59 Å². The van der Waals surface area contributed by atoms with Crippen molar-refractivity contribution in [3.05, 3.63) is 78.9 Å². The summed E-state index contributed by atoms with van der Waals surface area (Å²) in [4.78, 5) is 45.0. The van der Waals surface area contributed by atoms with Crippen LogP contribution < -0.4 is 0 Å². The molecule has 2 aromatic carbocycles. The van der Waals surface area contributed by atoms with Gasteiger partial charge in [0, 0.05) is 11.1 Å². The zero-order valence-electron chi connectivity index (χ0n) is 13.2. The van der Waals surface area contributed by atoms with E-state index in [1.54, 1.807) is 0 Å². The number of hydrogen-bond donors (Lipinski definition) is 0. The third-order valence-electron chi connectivity index (χ3n) is 3.47. The van der Waals surface area contributed by atoms with Crippen molar-refractivity contribution in [2.45, 2.75) is 13.8 Å². The zero-order valence-corrected chi connectivity index (χ0v) is 13.2. The SMILES string of the molecule is Cc1cccc(C(=O)OC(=O)c2cccc(C)c2[N+](=O)[O-])c1[N+](=O)[O-]. The number of carbonyl (C=O) groups is 2. The molecule has 0 radical (unpaired) electrons. The van der Waals surface area contributed by atoms with E-state index in [-0.39, 0.29) is 11.1 Å². The molecule has 9 nitrogen and oxygen atoms in total. The summed E-state index contributed by atoms with van der Waals surface area (Å²) < 4.78 is 4.63. The van der Waals surface area contributed by atoms with Crippen LogP contribution in [0.15, 0.2) is 36.4 Å². The molecule has 0 aliphatic heterocycles. The largest absolute Gasteiger partial charge is 0.385 e. The molecule has 128 valence electrons. The highest BCUT2D eigenvalue weighted by molar-refractivity contribution is 6.06. The second-order valence-electron chi connectivity index (χ2n) is 5.13. The standard InChI is InChI=1S/C16H12N2O7/c1-9-5-3-7-11(13(9)17(21)22)15(19)25-16(20)12-8-4-6-10(2)14(12)18(23)24/h3-8H,1-2H3. The molecule has 0 saturated carbocycles. The molecular weight excluding hydrogens is 332 g/mol. The highest BCUT2D eigenvalue weighted by Crippen LogP contribution is 2.26. The molecule has 0 unspecified atom stereocenters. The van der Waals surface area contributed by atoms with Gasteiger partial charge in [-0.2, -0.15) is 0 Å². The van der Waals surface area contributed by atoms with E-state index in [0.717, 1.165) is 12.1 Å². The molecule has 2 aromatic rings. The summed E-state index contributed by atoms with van der Waals surface area (Å²) in [6.07, 6.45) is 0. The number of ether oxygens (including phenoxy) is 1. The van der Waals surface area contributed by atoms with Crippen molar-refractivity contribution in [3.63, 3.8) is 0 Å². The summed E-state index contributed by atoms with van der Waals surface area (Å²) in [6.45, 7) is 2.87. The lowest BCUT2D eigenvalue weighted by Gasteiger charge is -2.07. The summed E-state index contributed by atoms with van der Waals surface area (Å²) in [5, 5.41) is 22.2. The van der Waals surface area contributed by atoms with Crippen LogP contribution in [-0.2, 0) is 4.74 Å². The molecule has 0 aliphatic rings. The van der Waals surface area contributed by atoms with E-state index < -0.39 is 44.3 Å². The maximum absolute atomic E-state index is 12.2. The number of nitro groups is 2. The summed E-state index contributed by atoms with van der Waals surface area (Å²) in [6, 6.07) is 7.96. The van der Waals surface area contributed by atoms with Crippen LogP contribution in [0.4, 0.5) is 11.4 Å². The third kappa shape index (κ3) is 3.50. The number of nitro benzene ring substituents is 2. The quantitative estimate of drug-likeness (QED) is 0.360. The third-order valence-corrected chi connectivity index (χ3v) is 3.47. The molecule has 0 bridgehead atoms. The highest BCUT2D eigenvalue weighted by Gasteiger charge is 2.29. The molecule has 25 heavy (non-hydrogen) atoms. The van der Waals surface area contributed by atoms with Gasteiger partial charge in [-0.1, -0.05) is 24.3 Å². The van der Waals surface area contributed by atoms with Crippen LogP contribution >= 0.6 is 0 Å². The fourth-order valence-corrected chi connectivity index (χ4v) is 2.33. The van der Waals surface area contributed by atoms with Crippen LogP contribution in [0.1, 0.15) is 31.8 Å². The maximum Gasteiger partial charge on any atom is 0.353 e. The van der Waals surface area contributed by atoms with Crippen molar-refractivity contribution in [1.82, 2.24) is 0 Å². The van der Waals surface area contributed by atoms with E-state index >= 15 is 0 Å². The molecule has 0 aromatic heterocycles. The molecule has 0 atom stereocenters. The number of carbonyl (C=O) groups excluding carboxylic acids is 2. The second-order valence-corrected chi connectivity index (χ2v) is 5.13. The van der Waals surface area contributed by atoms with Crippen molar-refractivity contribution >= 4 is 23.3 Å². The Morgan fingerprint density at radius 3 is 1.48 bits per heavy atom. The monoisotopic (exact) mass is 344 g/mol. The molecule has 0 N–H and O–H groups in total. The van der Waals surface area contributed by atoms with Crippen LogP contribution in [0.25, 0.3) is 0 Å². The van der Waals surface area contributed by atoms with Gasteiger partial charge in [-0.3, -0.25) is 20.2 Å². The number of hydrogen-bond acceptors (Lipinski definition) is 7. The number of rotatable bonds is 4. The normalized spacial score (nSPS) is 10.2. The van der Waals surface area contributed by atoms with Crippen molar-refractivity contribution in [2.24, 2.45) is 0 Å². The van der Waals surface area contributed by atoms with E-state index in [9.17, 15) is 29.8 Å². The van der Waals surface area contributed by atoms with Gasteiger partial charge < -0.3 is 4.74 Å². The average Bonchev–Trinajstić information content (AvgIpc) is 2.53. The highest BCUT2D eigenvalue weighted by atomic mass is 16.6. The molecule has 9 heteroatoms. The Bertz CT molecular complexity index is 832. The van der Waals surface area contributed by atoms with Crippen molar-refractivity contribution in [3.8, 4) is 0 Å². The smallest absolute Gasteiger partial charge is 0.353 e. The first-order chi connectivity index (χ1) is 11.7. The molecule has 2 rings (SSSR count). The number of benzene rings is 2. The number of nitrogens with zero attached hydrogens (tertiary/aromatic N) is 2. The van der Waals surface area contributed by atoms with Crippen LogP contribution in [0.3, 0.4) is 0 Å². The first-order valence-corrected chi connectivity index (χ1v) is 6.98. The Balaban J connectivity index is 2.39. The molecule has 0 saturated heterocycles. The Kier molecular flexibility index (Phi) is 4.87. The summed E-state index contributed by atoms with van der Waals surface area (Å²) in [7, 11) is 0. The van der Waals surface area contributed by atoms with Crippen LogP contribution in [0.2, 0.25) is 0 Å². The fraction of sp³-hybridized carbons (Fsp3) is 0.125. The molecular formula is C16H12N2O7. The first kappa shape index (κ1) is 17.7. The van der Waals surface area contributed by atoms with Gasteiger partial charge in [0.05, 0.1) is 9.85 Å². The lowest BCUT2D eigenvalue weighted by Crippen LogP contribution is -2.16. The topological polar surface area (TPSA) is 130 Å². The van der Waals surface area contributed by atoms with Gasteiger partial charge >= 0.3 is 11.9 Å². The molecule has 0 amide bonds. The van der Waals surface area contributed by atoms with Gasteiger partial charge in [0.15, 0.2) is 0 Å². The van der Waals surface area contributed by atoms with Gasteiger partial charge in [-0.05, 0) is 26.0 Å². The van der Waals surface area contributed by atoms with Gasteiger partial charge in [0.2, 0.25) is 0 Å². The zero-order chi connectivity index (χ0) is 18.7. The summed E-state index contributed by atoms with van der Waals surface area (Å²) >= 11 is 0. The molecule has 0 spiro atoms. The lowest BCUT2D eigenvalue weighted by molar-refractivity contribution is -0.385. The van der Waals surface area contributed by atoms with Crippen molar-refractivity contribution < 1.29 is 24.2 Å². The minimum atomic E-state index is -1.25. The molecule has 0 aliphatic carbocycles. The predicted molar refractivity (Wildman–Crippen MR) is 85.4 cm³/mol. The fourth-order valence-electron chi connectivity index (χ4n) is 2.33. The predicted octanol–water partition coefficient (Wildman–Crippen LogP) is 3.12. The van der Waals surface area contributed by atoms with Gasteiger partial charge in [0.25, 0.3) is 11.4 Å². The van der Waals surface area contributed by atoms with Crippen LogP contribution in [0, 0.1) is 34.1 Å². The Morgan fingerprint density at radius 2 is 1.16 bits per heavy atom. The van der Waals surface area contributed by atoms with E-state index in [1.165, 1.54) is 38.1 Å². The van der Waals surface area contributed by atoms with Crippen LogP contribution in [-0.4, -0.2) is 21.8 Å². The van der Waals surface area contributed by atoms with Crippen LogP contribution in [0.5, 0.6) is 0 Å².